The lowest BCUT2D eigenvalue weighted by Crippen LogP contribution is -2.64. The van der Waals surface area contributed by atoms with E-state index in [1.807, 2.05) is 6.92 Å². The van der Waals surface area contributed by atoms with Crippen LogP contribution in [-0.2, 0) is 14.3 Å². The van der Waals surface area contributed by atoms with Gasteiger partial charge in [0.25, 0.3) is 0 Å². The second kappa shape index (κ2) is 3.98. The van der Waals surface area contributed by atoms with E-state index in [1.54, 1.807) is 0 Å². The number of hydrogen-bond acceptors (Lipinski definition) is 4. The Morgan fingerprint density at radius 1 is 1.24 bits per heavy atom. The van der Waals surface area contributed by atoms with Gasteiger partial charge >= 0.3 is 0 Å². The maximum absolute atomic E-state index is 12.3. The summed E-state index contributed by atoms with van der Waals surface area (Å²) in [4.78, 5) is 12.3. The van der Waals surface area contributed by atoms with Crippen LogP contribution in [0.15, 0.2) is 11.1 Å². The molecule has 4 aliphatic rings. The number of ether oxygens (including phenoxy) is 2. The summed E-state index contributed by atoms with van der Waals surface area (Å²) in [5.74, 6) is 0.606. The van der Waals surface area contributed by atoms with Gasteiger partial charge in [-0.05, 0) is 42.6 Å². The maximum Gasteiger partial charge on any atom is 0.188 e. The second-order valence-electron chi connectivity index (χ2n) is 8.23. The molecule has 0 aromatic carbocycles. The van der Waals surface area contributed by atoms with Gasteiger partial charge in [-0.3, -0.25) is 4.79 Å². The predicted molar refractivity (Wildman–Crippen MR) is 76.4 cm³/mol. The molecule has 1 N–H and O–H groups in total. The van der Waals surface area contributed by atoms with E-state index in [-0.39, 0.29) is 23.6 Å². The van der Waals surface area contributed by atoms with Crippen molar-refractivity contribution >= 4 is 5.78 Å². The number of aliphatic hydroxyl groups is 1. The van der Waals surface area contributed by atoms with E-state index in [0.717, 1.165) is 24.0 Å². The van der Waals surface area contributed by atoms with Gasteiger partial charge in [0.2, 0.25) is 0 Å². The van der Waals surface area contributed by atoms with Crippen LogP contribution < -0.4 is 0 Å². The zero-order valence-electron chi connectivity index (χ0n) is 13.2. The smallest absolute Gasteiger partial charge is 0.188 e. The summed E-state index contributed by atoms with van der Waals surface area (Å²) in [6.07, 6.45) is 1.07. The lowest BCUT2D eigenvalue weighted by molar-refractivity contribution is -0.209. The Hall–Kier alpha value is -0.710. The molecule has 1 aliphatic heterocycles. The highest BCUT2D eigenvalue weighted by atomic mass is 16.7. The molecule has 6 unspecified atom stereocenters. The van der Waals surface area contributed by atoms with Gasteiger partial charge < -0.3 is 14.6 Å². The highest BCUT2D eigenvalue weighted by molar-refractivity contribution is 6.09. The first-order valence-corrected chi connectivity index (χ1v) is 7.98. The summed E-state index contributed by atoms with van der Waals surface area (Å²) >= 11 is 0. The summed E-state index contributed by atoms with van der Waals surface area (Å²) in [5, 5.41) is 10.4. The summed E-state index contributed by atoms with van der Waals surface area (Å²) < 4.78 is 11.7. The van der Waals surface area contributed by atoms with Crippen molar-refractivity contribution < 1.29 is 19.4 Å². The highest BCUT2D eigenvalue weighted by Crippen LogP contribution is 2.65. The molecule has 4 rings (SSSR count). The minimum absolute atomic E-state index is 0.0000463. The Bertz CT molecular complexity index is 549. The van der Waals surface area contributed by atoms with Crippen molar-refractivity contribution in [3.63, 3.8) is 0 Å². The van der Waals surface area contributed by atoms with Gasteiger partial charge in [0.1, 0.15) is 6.10 Å². The molecule has 0 amide bonds. The lowest BCUT2D eigenvalue weighted by Gasteiger charge is -2.57. The van der Waals surface area contributed by atoms with Crippen LogP contribution in [0.3, 0.4) is 0 Å². The third-order valence-electron chi connectivity index (χ3n) is 6.31. The van der Waals surface area contributed by atoms with Crippen LogP contribution in [0, 0.1) is 22.7 Å². The fourth-order valence-electron chi connectivity index (χ4n) is 5.40. The van der Waals surface area contributed by atoms with Gasteiger partial charge in [-0.1, -0.05) is 20.8 Å². The Kier molecular flexibility index (Phi) is 2.63. The fraction of sp³-hybridized carbons (Fsp3) is 0.824. The standard InChI is InChI=1S/C17H24O4/c1-8-20-7-10-12-13(18)15(19)17(12,4)11-6-16(2,3)5-9(11)14(10)21-8/h8-9,11,14-15,19H,5-7H2,1-4H3. The van der Waals surface area contributed by atoms with Gasteiger partial charge in [0.15, 0.2) is 12.1 Å². The quantitative estimate of drug-likeness (QED) is 0.742. The Labute approximate surface area is 125 Å². The Balaban J connectivity index is 1.84. The average molecular weight is 292 g/mol. The van der Waals surface area contributed by atoms with Crippen LogP contribution in [0.4, 0.5) is 0 Å². The molecular formula is C17H24O4. The van der Waals surface area contributed by atoms with Crippen LogP contribution in [0.25, 0.3) is 0 Å². The van der Waals surface area contributed by atoms with Crippen LogP contribution in [0.1, 0.15) is 40.5 Å². The van der Waals surface area contributed by atoms with Gasteiger partial charge in [0, 0.05) is 11.0 Å². The molecule has 4 heteroatoms. The molecule has 0 spiro atoms. The normalized spacial score (nSPS) is 51.1. The van der Waals surface area contributed by atoms with Gasteiger partial charge in [-0.25, -0.2) is 0 Å². The van der Waals surface area contributed by atoms with E-state index in [0.29, 0.717) is 18.4 Å². The molecule has 116 valence electrons. The number of Topliss-reactive ketones (excluding diaryl/α,β-unsaturated/α-hetero) is 1. The molecule has 6 atom stereocenters. The SMILES string of the molecule is CC1OCC2=C3C(=O)C(O)C3(C)C3CC(C)(C)CC3C2O1. The lowest BCUT2D eigenvalue weighted by atomic mass is 9.48. The van der Waals surface area contributed by atoms with Gasteiger partial charge in [-0.2, -0.15) is 0 Å². The van der Waals surface area contributed by atoms with E-state index in [1.165, 1.54) is 0 Å². The van der Waals surface area contributed by atoms with Gasteiger partial charge in [0.05, 0.1) is 12.7 Å². The first kappa shape index (κ1) is 13.9. The largest absolute Gasteiger partial charge is 0.384 e. The van der Waals surface area contributed by atoms with Crippen LogP contribution in [0.2, 0.25) is 0 Å². The van der Waals surface area contributed by atoms with E-state index in [4.69, 9.17) is 9.47 Å². The first-order chi connectivity index (χ1) is 9.75. The van der Waals surface area contributed by atoms with Crippen molar-refractivity contribution in [2.75, 3.05) is 6.61 Å². The van der Waals surface area contributed by atoms with Crippen molar-refractivity contribution in [2.24, 2.45) is 22.7 Å². The van der Waals surface area contributed by atoms with Crippen molar-refractivity contribution in [3.8, 4) is 0 Å². The minimum Gasteiger partial charge on any atom is -0.384 e. The number of carbonyl (C=O) groups is 1. The predicted octanol–water partition coefficient (Wildman–Crippen LogP) is 2.06. The molecule has 4 nitrogen and oxygen atoms in total. The van der Waals surface area contributed by atoms with E-state index in [2.05, 4.69) is 20.8 Å². The van der Waals surface area contributed by atoms with Crippen molar-refractivity contribution in [1.82, 2.24) is 0 Å². The summed E-state index contributed by atoms with van der Waals surface area (Å²) in [7, 11) is 0. The summed E-state index contributed by atoms with van der Waals surface area (Å²) in [6, 6.07) is 0. The number of carbonyl (C=O) groups excluding carboxylic acids is 1. The number of ketones is 1. The number of fused-ring (bicyclic) bond motifs is 5. The maximum atomic E-state index is 12.3. The Morgan fingerprint density at radius 2 is 1.95 bits per heavy atom. The Morgan fingerprint density at radius 3 is 2.67 bits per heavy atom. The zero-order valence-corrected chi connectivity index (χ0v) is 13.2. The third-order valence-corrected chi connectivity index (χ3v) is 6.31. The molecular weight excluding hydrogens is 268 g/mol. The second-order valence-corrected chi connectivity index (χ2v) is 8.23. The van der Waals surface area contributed by atoms with Crippen LogP contribution in [0.5, 0.6) is 0 Å². The third kappa shape index (κ3) is 1.59. The molecule has 2 saturated carbocycles. The molecule has 0 aromatic heterocycles. The van der Waals surface area contributed by atoms with Gasteiger partial charge in [-0.15, -0.1) is 0 Å². The topological polar surface area (TPSA) is 55.8 Å². The summed E-state index contributed by atoms with van der Waals surface area (Å²) in [6.45, 7) is 9.02. The fourth-order valence-corrected chi connectivity index (χ4v) is 5.40. The zero-order chi connectivity index (χ0) is 15.2. The minimum atomic E-state index is -0.846. The summed E-state index contributed by atoms with van der Waals surface area (Å²) in [5.41, 5.74) is 1.66. The first-order valence-electron chi connectivity index (χ1n) is 7.98. The van der Waals surface area contributed by atoms with Crippen LogP contribution >= 0.6 is 0 Å². The highest BCUT2D eigenvalue weighted by Gasteiger charge is 2.68. The van der Waals surface area contributed by atoms with Crippen molar-refractivity contribution in [3.05, 3.63) is 11.1 Å². The van der Waals surface area contributed by atoms with E-state index in [9.17, 15) is 9.90 Å². The number of hydrogen-bond donors (Lipinski definition) is 1. The number of aliphatic hydroxyl groups excluding tert-OH is 1. The molecule has 0 radical (unpaired) electrons. The van der Waals surface area contributed by atoms with E-state index < -0.39 is 11.5 Å². The molecule has 1 heterocycles. The molecule has 1 saturated heterocycles. The van der Waals surface area contributed by atoms with Crippen LogP contribution in [-0.4, -0.2) is 36.0 Å². The molecule has 0 aromatic rings. The molecule has 0 bridgehead atoms. The van der Waals surface area contributed by atoms with E-state index >= 15 is 0 Å². The van der Waals surface area contributed by atoms with Crippen molar-refractivity contribution in [1.29, 1.82) is 0 Å². The molecule has 3 aliphatic carbocycles. The molecule has 21 heavy (non-hydrogen) atoms. The average Bonchev–Trinajstić information content (AvgIpc) is 2.75. The molecule has 3 fully saturated rings. The number of rotatable bonds is 0. The van der Waals surface area contributed by atoms with Crippen molar-refractivity contribution in [2.45, 2.75) is 59.0 Å². The monoisotopic (exact) mass is 292 g/mol.